The van der Waals surface area contributed by atoms with Crippen LogP contribution in [0.25, 0.3) is 5.69 Å². The monoisotopic (exact) mass is 353 g/mol. The van der Waals surface area contributed by atoms with Crippen LogP contribution in [0.1, 0.15) is 46.6 Å². The Labute approximate surface area is 150 Å². The second-order valence-electron chi connectivity index (χ2n) is 6.46. The van der Waals surface area contributed by atoms with Crippen LogP contribution in [-0.4, -0.2) is 42.7 Å². The molecule has 0 aliphatic carbocycles. The summed E-state index contributed by atoms with van der Waals surface area (Å²) in [6, 6.07) is 8.14. The van der Waals surface area contributed by atoms with Gasteiger partial charge in [-0.3, -0.25) is 4.79 Å². The van der Waals surface area contributed by atoms with Crippen molar-refractivity contribution in [2.75, 3.05) is 6.54 Å². The highest BCUT2D eigenvalue weighted by molar-refractivity contribution is 5.92. The van der Waals surface area contributed by atoms with Crippen LogP contribution < -0.4 is 0 Å². The highest BCUT2D eigenvalue weighted by atomic mass is 16.4. The number of hydrogen-bond acceptors (Lipinski definition) is 6. The van der Waals surface area contributed by atoms with Gasteiger partial charge < -0.3 is 14.4 Å². The maximum atomic E-state index is 12.8. The summed E-state index contributed by atoms with van der Waals surface area (Å²) in [5.41, 5.74) is 1.56. The third kappa shape index (κ3) is 2.83. The topological polar surface area (TPSA) is 97.3 Å². The Bertz CT molecular complexity index is 942. The van der Waals surface area contributed by atoms with Crippen molar-refractivity contribution in [2.24, 2.45) is 0 Å². The molecule has 0 saturated carbocycles. The van der Waals surface area contributed by atoms with Gasteiger partial charge in [-0.05, 0) is 55.7 Å². The third-order valence-electron chi connectivity index (χ3n) is 4.68. The van der Waals surface area contributed by atoms with Gasteiger partial charge in [-0.2, -0.15) is 0 Å². The first kappa shape index (κ1) is 16.3. The van der Waals surface area contributed by atoms with Crippen LogP contribution in [0.3, 0.4) is 0 Å². The summed E-state index contributed by atoms with van der Waals surface area (Å²) in [4.78, 5) is 15.9. The summed E-state index contributed by atoms with van der Waals surface area (Å²) >= 11 is 0. The summed E-state index contributed by atoms with van der Waals surface area (Å²) in [6.07, 6.45) is 1.64. The molecule has 134 valence electrons. The van der Waals surface area contributed by atoms with E-state index in [1.54, 1.807) is 35.2 Å². The highest BCUT2D eigenvalue weighted by Crippen LogP contribution is 2.31. The molecule has 1 N–H and O–H groups in total. The molecule has 2 aromatic heterocycles. The Morgan fingerprint density at radius 2 is 2.15 bits per heavy atom. The minimum atomic E-state index is -0.237. The van der Waals surface area contributed by atoms with E-state index in [1.807, 2.05) is 13.8 Å². The van der Waals surface area contributed by atoms with Gasteiger partial charge in [-0.15, -0.1) is 15.0 Å². The maximum absolute atomic E-state index is 12.8. The average molecular weight is 353 g/mol. The number of carbonyl (C=O) groups is 1. The Balaban J connectivity index is 1.60. The van der Waals surface area contributed by atoms with Crippen molar-refractivity contribution >= 4 is 5.91 Å². The second-order valence-corrected chi connectivity index (χ2v) is 6.46. The van der Waals surface area contributed by atoms with E-state index in [-0.39, 0.29) is 17.7 Å². The van der Waals surface area contributed by atoms with Crippen molar-refractivity contribution in [3.8, 4) is 11.4 Å². The van der Waals surface area contributed by atoms with Crippen LogP contribution in [0.5, 0.6) is 5.75 Å². The van der Waals surface area contributed by atoms with Gasteiger partial charge in [-0.1, -0.05) is 6.07 Å². The van der Waals surface area contributed by atoms with Crippen molar-refractivity contribution < 1.29 is 14.3 Å². The minimum Gasteiger partial charge on any atom is -0.508 e. The van der Waals surface area contributed by atoms with Crippen LogP contribution in [0.4, 0.5) is 0 Å². The number of likely N-dealkylation sites (tertiary alicyclic amines) is 1. The van der Waals surface area contributed by atoms with Gasteiger partial charge in [0.25, 0.3) is 5.91 Å². The molecule has 1 aliphatic rings. The Kier molecular flexibility index (Phi) is 3.95. The summed E-state index contributed by atoms with van der Waals surface area (Å²) in [6.45, 7) is 4.39. The van der Waals surface area contributed by atoms with E-state index < -0.39 is 0 Å². The Morgan fingerprint density at radius 3 is 2.88 bits per heavy atom. The minimum absolute atomic E-state index is 0.127. The number of phenols is 1. The van der Waals surface area contributed by atoms with E-state index in [4.69, 9.17) is 4.42 Å². The molecular weight excluding hydrogens is 334 g/mol. The van der Waals surface area contributed by atoms with Gasteiger partial charge >= 0.3 is 0 Å². The molecule has 0 bridgehead atoms. The van der Waals surface area contributed by atoms with E-state index in [2.05, 4.69) is 15.4 Å². The SMILES string of the molecule is Cc1cc(C(=O)N2CCCC2c2nnn(-c3cccc(O)c3)n2)oc1C. The standard InChI is InChI=1S/C18H19N5O3/c1-11-9-16(26-12(11)2)18(25)22-8-4-7-15(22)17-19-21-23(20-17)13-5-3-6-14(24)10-13/h3,5-6,9-10,15,24H,4,7-8H2,1-2H3. The van der Waals surface area contributed by atoms with E-state index >= 15 is 0 Å². The number of hydrogen-bond donors (Lipinski definition) is 1. The number of tetrazole rings is 1. The van der Waals surface area contributed by atoms with Crippen molar-refractivity contribution in [1.82, 2.24) is 25.1 Å². The summed E-state index contributed by atoms with van der Waals surface area (Å²) in [5.74, 6) is 1.54. The Morgan fingerprint density at radius 1 is 1.31 bits per heavy atom. The molecule has 1 fully saturated rings. The molecular formula is C18H19N5O3. The van der Waals surface area contributed by atoms with Crippen molar-refractivity contribution in [3.05, 3.63) is 53.2 Å². The normalized spacial score (nSPS) is 17.0. The summed E-state index contributed by atoms with van der Waals surface area (Å²) in [7, 11) is 0. The largest absolute Gasteiger partial charge is 0.508 e. The lowest BCUT2D eigenvalue weighted by Crippen LogP contribution is -2.31. The average Bonchev–Trinajstić information content (AvgIpc) is 3.34. The molecule has 0 spiro atoms. The van der Waals surface area contributed by atoms with Crippen LogP contribution in [0, 0.1) is 13.8 Å². The zero-order valence-electron chi connectivity index (χ0n) is 14.6. The molecule has 1 aromatic carbocycles. The zero-order chi connectivity index (χ0) is 18.3. The number of nitrogens with zero attached hydrogens (tertiary/aromatic N) is 5. The summed E-state index contributed by atoms with van der Waals surface area (Å²) < 4.78 is 5.58. The second kappa shape index (κ2) is 6.29. The van der Waals surface area contributed by atoms with Gasteiger partial charge in [0.15, 0.2) is 11.6 Å². The molecule has 1 saturated heterocycles. The van der Waals surface area contributed by atoms with Gasteiger partial charge in [0.05, 0.1) is 11.7 Å². The lowest BCUT2D eigenvalue weighted by molar-refractivity contribution is 0.0696. The fourth-order valence-corrected chi connectivity index (χ4v) is 3.18. The fraction of sp³-hybridized carbons (Fsp3) is 0.333. The third-order valence-corrected chi connectivity index (χ3v) is 4.68. The highest BCUT2D eigenvalue weighted by Gasteiger charge is 2.35. The predicted molar refractivity (Wildman–Crippen MR) is 92.0 cm³/mol. The molecule has 3 heterocycles. The van der Waals surface area contributed by atoms with Crippen LogP contribution >= 0.6 is 0 Å². The number of benzene rings is 1. The molecule has 1 aliphatic heterocycles. The lowest BCUT2D eigenvalue weighted by atomic mass is 10.2. The quantitative estimate of drug-likeness (QED) is 0.777. The number of aromatic nitrogens is 4. The van der Waals surface area contributed by atoms with Crippen LogP contribution in [0.2, 0.25) is 0 Å². The van der Waals surface area contributed by atoms with Crippen molar-refractivity contribution in [3.63, 3.8) is 0 Å². The van der Waals surface area contributed by atoms with Crippen molar-refractivity contribution in [2.45, 2.75) is 32.7 Å². The van der Waals surface area contributed by atoms with Gasteiger partial charge in [0.1, 0.15) is 11.5 Å². The Hall–Kier alpha value is -3.16. The van der Waals surface area contributed by atoms with Gasteiger partial charge in [0.2, 0.25) is 0 Å². The first-order valence-corrected chi connectivity index (χ1v) is 8.50. The smallest absolute Gasteiger partial charge is 0.290 e. The van der Waals surface area contributed by atoms with E-state index in [0.717, 1.165) is 24.2 Å². The van der Waals surface area contributed by atoms with Gasteiger partial charge in [-0.25, -0.2) is 0 Å². The number of aromatic hydroxyl groups is 1. The molecule has 4 rings (SSSR count). The molecule has 1 amide bonds. The first-order valence-electron chi connectivity index (χ1n) is 8.50. The van der Waals surface area contributed by atoms with Crippen LogP contribution in [-0.2, 0) is 0 Å². The first-order chi connectivity index (χ1) is 12.5. The summed E-state index contributed by atoms with van der Waals surface area (Å²) in [5, 5.41) is 22.2. The molecule has 3 aromatic rings. The lowest BCUT2D eigenvalue weighted by Gasteiger charge is -2.20. The fourth-order valence-electron chi connectivity index (χ4n) is 3.18. The number of amides is 1. The molecule has 1 atom stereocenters. The number of rotatable bonds is 3. The molecule has 8 heteroatoms. The molecule has 26 heavy (non-hydrogen) atoms. The van der Waals surface area contributed by atoms with E-state index in [9.17, 15) is 9.90 Å². The molecule has 1 unspecified atom stereocenters. The van der Waals surface area contributed by atoms with Crippen LogP contribution in [0.15, 0.2) is 34.7 Å². The van der Waals surface area contributed by atoms with E-state index in [0.29, 0.717) is 23.8 Å². The van der Waals surface area contributed by atoms with Gasteiger partial charge in [0, 0.05) is 12.6 Å². The predicted octanol–water partition coefficient (Wildman–Crippen LogP) is 2.56. The number of furan rings is 1. The number of carbonyl (C=O) groups excluding carboxylic acids is 1. The number of aryl methyl sites for hydroxylation is 2. The molecule has 8 nitrogen and oxygen atoms in total. The molecule has 0 radical (unpaired) electrons. The van der Waals surface area contributed by atoms with E-state index in [1.165, 1.54) is 4.80 Å². The van der Waals surface area contributed by atoms with Crippen molar-refractivity contribution in [1.29, 1.82) is 0 Å². The number of phenolic OH excluding ortho intramolecular Hbond substituents is 1. The zero-order valence-corrected chi connectivity index (χ0v) is 14.6. The maximum Gasteiger partial charge on any atom is 0.290 e.